The molecule has 0 aliphatic carbocycles. The van der Waals surface area contributed by atoms with Crippen molar-refractivity contribution in [3.63, 3.8) is 0 Å². The van der Waals surface area contributed by atoms with E-state index in [2.05, 4.69) is 20.9 Å². The van der Waals surface area contributed by atoms with Gasteiger partial charge in [0.2, 0.25) is 0 Å². The number of hydrogen-bond donors (Lipinski definition) is 0. The highest BCUT2D eigenvalue weighted by Gasteiger charge is 2.16. The van der Waals surface area contributed by atoms with Crippen molar-refractivity contribution in [1.82, 2.24) is 4.98 Å². The van der Waals surface area contributed by atoms with E-state index in [1.165, 1.54) is 18.2 Å². The van der Waals surface area contributed by atoms with Crippen LogP contribution in [-0.4, -0.2) is 9.91 Å². The molecule has 0 saturated carbocycles. The minimum absolute atomic E-state index is 0.110. The number of pyridine rings is 1. The standard InChI is InChI=1S/C13H8BrN3O3/c14-10-2-3-11(16-7-10)8-20-13-4-1-9(6-15)5-12(13)17(18)19/h1-5,7H,8H2. The second kappa shape index (κ2) is 6.12. The van der Waals surface area contributed by atoms with Crippen LogP contribution in [0.15, 0.2) is 41.0 Å². The summed E-state index contributed by atoms with van der Waals surface area (Å²) in [6.45, 7) is 0.111. The first-order valence-electron chi connectivity index (χ1n) is 5.52. The third-order valence-corrected chi connectivity index (χ3v) is 2.92. The van der Waals surface area contributed by atoms with Gasteiger partial charge in [0.05, 0.1) is 22.2 Å². The summed E-state index contributed by atoms with van der Waals surface area (Å²) in [6.07, 6.45) is 1.62. The summed E-state index contributed by atoms with van der Waals surface area (Å²) in [6, 6.07) is 9.47. The third-order valence-electron chi connectivity index (χ3n) is 2.45. The van der Waals surface area contributed by atoms with Crippen LogP contribution in [-0.2, 0) is 6.61 Å². The van der Waals surface area contributed by atoms with Crippen molar-refractivity contribution in [2.75, 3.05) is 0 Å². The number of ether oxygens (including phenoxy) is 1. The zero-order valence-corrected chi connectivity index (χ0v) is 11.7. The van der Waals surface area contributed by atoms with Gasteiger partial charge < -0.3 is 4.74 Å². The van der Waals surface area contributed by atoms with Gasteiger partial charge in [-0.1, -0.05) is 0 Å². The second-order valence-electron chi connectivity index (χ2n) is 3.81. The van der Waals surface area contributed by atoms with E-state index in [0.717, 1.165) is 4.47 Å². The molecule has 6 nitrogen and oxygen atoms in total. The SMILES string of the molecule is N#Cc1ccc(OCc2ccc(Br)cn2)c([N+](=O)[O-])c1. The van der Waals surface area contributed by atoms with Gasteiger partial charge in [-0.05, 0) is 40.2 Å². The third kappa shape index (κ3) is 3.30. The number of nitriles is 1. The molecule has 0 fully saturated rings. The molecule has 0 spiro atoms. The van der Waals surface area contributed by atoms with Gasteiger partial charge in [-0.15, -0.1) is 0 Å². The van der Waals surface area contributed by atoms with E-state index in [1.54, 1.807) is 18.3 Å². The summed E-state index contributed by atoms with van der Waals surface area (Å²) in [4.78, 5) is 14.5. The van der Waals surface area contributed by atoms with Crippen molar-refractivity contribution in [3.8, 4) is 11.8 Å². The summed E-state index contributed by atoms with van der Waals surface area (Å²) in [5.74, 6) is 0.110. The Morgan fingerprint density at radius 3 is 2.80 bits per heavy atom. The van der Waals surface area contributed by atoms with Crippen LogP contribution in [0, 0.1) is 21.4 Å². The van der Waals surface area contributed by atoms with Crippen LogP contribution in [0.2, 0.25) is 0 Å². The molecule has 0 atom stereocenters. The maximum atomic E-state index is 10.9. The molecule has 0 amide bonds. The summed E-state index contributed by atoms with van der Waals surface area (Å²) >= 11 is 3.26. The Hall–Kier alpha value is -2.46. The van der Waals surface area contributed by atoms with Gasteiger partial charge in [0.15, 0.2) is 5.75 Å². The fraction of sp³-hybridized carbons (Fsp3) is 0.0769. The molecule has 2 rings (SSSR count). The molecule has 7 heteroatoms. The maximum absolute atomic E-state index is 10.9. The second-order valence-corrected chi connectivity index (χ2v) is 4.72. The van der Waals surface area contributed by atoms with E-state index in [-0.39, 0.29) is 23.6 Å². The van der Waals surface area contributed by atoms with Gasteiger partial charge in [0.25, 0.3) is 0 Å². The Bertz CT molecular complexity index is 680. The molecule has 100 valence electrons. The van der Waals surface area contributed by atoms with E-state index < -0.39 is 4.92 Å². The Kier molecular flexibility index (Phi) is 4.27. The first kappa shape index (κ1) is 14.0. The summed E-state index contributed by atoms with van der Waals surface area (Å²) < 4.78 is 6.23. The smallest absolute Gasteiger partial charge is 0.312 e. The Morgan fingerprint density at radius 2 is 2.20 bits per heavy atom. The molecule has 1 heterocycles. The number of nitro groups is 1. The molecular weight excluding hydrogens is 326 g/mol. The van der Waals surface area contributed by atoms with Crippen LogP contribution in [0.25, 0.3) is 0 Å². The quantitative estimate of drug-likeness (QED) is 0.633. The molecule has 20 heavy (non-hydrogen) atoms. The molecule has 0 unspecified atom stereocenters. The number of halogens is 1. The van der Waals surface area contributed by atoms with E-state index in [1.807, 2.05) is 6.07 Å². The molecule has 0 saturated heterocycles. The summed E-state index contributed by atoms with van der Waals surface area (Å²) in [5.41, 5.74) is 0.624. The molecule has 2 aromatic rings. The highest BCUT2D eigenvalue weighted by Crippen LogP contribution is 2.28. The normalized spacial score (nSPS) is 9.80. The Morgan fingerprint density at radius 1 is 1.40 bits per heavy atom. The van der Waals surface area contributed by atoms with E-state index in [0.29, 0.717) is 5.69 Å². The van der Waals surface area contributed by atoms with Crippen molar-refractivity contribution < 1.29 is 9.66 Å². The van der Waals surface area contributed by atoms with Crippen LogP contribution >= 0.6 is 15.9 Å². The molecular formula is C13H8BrN3O3. The first-order valence-corrected chi connectivity index (χ1v) is 6.31. The van der Waals surface area contributed by atoms with E-state index in [4.69, 9.17) is 10.00 Å². The number of rotatable bonds is 4. The average Bonchev–Trinajstić information content (AvgIpc) is 2.46. The lowest BCUT2D eigenvalue weighted by molar-refractivity contribution is -0.386. The van der Waals surface area contributed by atoms with Crippen LogP contribution in [0.1, 0.15) is 11.3 Å². The molecule has 1 aromatic heterocycles. The lowest BCUT2D eigenvalue weighted by Gasteiger charge is -2.06. The Labute approximate surface area is 122 Å². The van der Waals surface area contributed by atoms with Crippen LogP contribution in [0.4, 0.5) is 5.69 Å². The number of nitro benzene ring substituents is 1. The lowest BCUT2D eigenvalue weighted by Crippen LogP contribution is -2.01. The predicted molar refractivity (Wildman–Crippen MR) is 74.1 cm³/mol. The van der Waals surface area contributed by atoms with Gasteiger partial charge >= 0.3 is 5.69 Å². The van der Waals surface area contributed by atoms with E-state index >= 15 is 0 Å². The van der Waals surface area contributed by atoms with Gasteiger partial charge in [0, 0.05) is 16.7 Å². The zero-order valence-electron chi connectivity index (χ0n) is 10.1. The minimum atomic E-state index is -0.578. The van der Waals surface area contributed by atoms with Crippen molar-refractivity contribution >= 4 is 21.6 Å². The van der Waals surface area contributed by atoms with Crippen LogP contribution in [0.3, 0.4) is 0 Å². The van der Waals surface area contributed by atoms with Gasteiger partial charge in [-0.3, -0.25) is 15.1 Å². The predicted octanol–water partition coefficient (Wildman–Crippen LogP) is 3.20. The highest BCUT2D eigenvalue weighted by molar-refractivity contribution is 9.10. The fourth-order valence-electron chi connectivity index (χ4n) is 1.50. The fourth-order valence-corrected chi connectivity index (χ4v) is 1.73. The van der Waals surface area contributed by atoms with E-state index in [9.17, 15) is 10.1 Å². The Balaban J connectivity index is 2.19. The number of benzene rings is 1. The molecule has 0 bridgehead atoms. The zero-order chi connectivity index (χ0) is 14.5. The molecule has 0 radical (unpaired) electrons. The summed E-state index contributed by atoms with van der Waals surface area (Å²) in [5, 5.41) is 19.7. The minimum Gasteiger partial charge on any atom is -0.480 e. The van der Waals surface area contributed by atoms with Gasteiger partial charge in [-0.2, -0.15) is 5.26 Å². The number of nitrogens with zero attached hydrogens (tertiary/aromatic N) is 3. The van der Waals surface area contributed by atoms with Crippen molar-refractivity contribution in [2.24, 2.45) is 0 Å². The topological polar surface area (TPSA) is 89.0 Å². The number of aromatic nitrogens is 1. The lowest BCUT2D eigenvalue weighted by atomic mass is 10.2. The maximum Gasteiger partial charge on any atom is 0.312 e. The largest absolute Gasteiger partial charge is 0.480 e. The molecule has 0 N–H and O–H groups in total. The van der Waals surface area contributed by atoms with Crippen molar-refractivity contribution in [1.29, 1.82) is 5.26 Å². The molecule has 0 aliphatic heterocycles. The molecule has 1 aromatic carbocycles. The summed E-state index contributed by atoms with van der Waals surface area (Å²) in [7, 11) is 0. The van der Waals surface area contributed by atoms with Gasteiger partial charge in [-0.25, -0.2) is 0 Å². The van der Waals surface area contributed by atoms with Crippen LogP contribution in [0.5, 0.6) is 5.75 Å². The average molecular weight is 334 g/mol. The highest BCUT2D eigenvalue weighted by atomic mass is 79.9. The first-order chi connectivity index (χ1) is 9.60. The molecule has 0 aliphatic rings. The number of hydrogen-bond acceptors (Lipinski definition) is 5. The monoisotopic (exact) mass is 333 g/mol. The van der Waals surface area contributed by atoms with Crippen LogP contribution < -0.4 is 4.74 Å². The van der Waals surface area contributed by atoms with Crippen molar-refractivity contribution in [3.05, 3.63) is 62.4 Å². The van der Waals surface area contributed by atoms with Gasteiger partial charge in [0.1, 0.15) is 6.61 Å². The van der Waals surface area contributed by atoms with Crippen molar-refractivity contribution in [2.45, 2.75) is 6.61 Å².